The van der Waals surface area contributed by atoms with Gasteiger partial charge >= 0.3 is 5.76 Å². The van der Waals surface area contributed by atoms with Gasteiger partial charge in [-0.2, -0.15) is 8.78 Å². The molecule has 1 heterocycles. The van der Waals surface area contributed by atoms with Gasteiger partial charge in [0.15, 0.2) is 0 Å². The Morgan fingerprint density at radius 2 is 1.71 bits per heavy atom. The van der Waals surface area contributed by atoms with Gasteiger partial charge in [0.25, 0.3) is 5.91 Å². The number of amides is 1. The summed E-state index contributed by atoms with van der Waals surface area (Å²) in [4.78, 5) is 12.2. The number of nitrogens with one attached hydrogen (secondary N) is 1. The van der Waals surface area contributed by atoms with Crippen molar-refractivity contribution in [3.05, 3.63) is 59.5 Å². The normalized spacial score (nSPS) is 11.8. The standard InChI is InChI=1S/C16H11F2NO3S2/c17-16(18)24(21,22)12-7-5-11(6-8-12)19-15(20)14-9-10-3-1-2-4-13(10)23-14/h1-9,16H,(H,19,20). The van der Waals surface area contributed by atoms with Crippen LogP contribution in [0.1, 0.15) is 9.67 Å². The maximum Gasteiger partial charge on any atom is 0.341 e. The van der Waals surface area contributed by atoms with Gasteiger partial charge < -0.3 is 5.32 Å². The third kappa shape index (κ3) is 3.15. The number of alkyl halides is 2. The van der Waals surface area contributed by atoms with Gasteiger partial charge in [-0.25, -0.2) is 8.42 Å². The summed E-state index contributed by atoms with van der Waals surface area (Å²) in [6.07, 6.45) is 0. The summed E-state index contributed by atoms with van der Waals surface area (Å²) in [7, 11) is -4.64. The van der Waals surface area contributed by atoms with Gasteiger partial charge in [-0.1, -0.05) is 18.2 Å². The molecule has 1 aromatic heterocycles. The Bertz CT molecular complexity index is 963. The average Bonchev–Trinajstić information content (AvgIpc) is 2.99. The first-order valence-corrected chi connectivity index (χ1v) is 9.16. The molecule has 24 heavy (non-hydrogen) atoms. The second kappa shape index (κ2) is 6.29. The molecule has 0 aliphatic rings. The fourth-order valence-electron chi connectivity index (χ4n) is 2.12. The lowest BCUT2D eigenvalue weighted by Gasteiger charge is -2.06. The first kappa shape index (κ1) is 16.5. The third-order valence-electron chi connectivity index (χ3n) is 3.32. The Morgan fingerprint density at radius 3 is 2.33 bits per heavy atom. The minimum atomic E-state index is -4.64. The van der Waals surface area contributed by atoms with Crippen LogP contribution < -0.4 is 5.32 Å². The summed E-state index contributed by atoms with van der Waals surface area (Å²) in [5, 5.41) is 3.57. The molecule has 0 fully saturated rings. The van der Waals surface area contributed by atoms with E-state index in [2.05, 4.69) is 5.32 Å². The largest absolute Gasteiger partial charge is 0.341 e. The maximum atomic E-state index is 12.5. The van der Waals surface area contributed by atoms with Crippen LogP contribution in [0.5, 0.6) is 0 Å². The molecular formula is C16H11F2NO3S2. The highest BCUT2D eigenvalue weighted by molar-refractivity contribution is 7.91. The highest BCUT2D eigenvalue weighted by atomic mass is 32.2. The van der Waals surface area contributed by atoms with Crippen LogP contribution in [0.25, 0.3) is 10.1 Å². The molecule has 0 saturated carbocycles. The van der Waals surface area contributed by atoms with Crippen LogP contribution in [-0.2, 0) is 9.84 Å². The van der Waals surface area contributed by atoms with E-state index in [1.165, 1.54) is 23.5 Å². The molecule has 0 radical (unpaired) electrons. The lowest BCUT2D eigenvalue weighted by Crippen LogP contribution is -2.12. The van der Waals surface area contributed by atoms with E-state index in [4.69, 9.17) is 0 Å². The number of carbonyl (C=O) groups excluding carboxylic acids is 1. The number of sulfone groups is 1. The van der Waals surface area contributed by atoms with E-state index in [1.807, 2.05) is 24.3 Å². The van der Waals surface area contributed by atoms with Crippen molar-refractivity contribution >= 4 is 42.9 Å². The maximum absolute atomic E-state index is 12.5. The average molecular weight is 367 g/mol. The van der Waals surface area contributed by atoms with E-state index in [9.17, 15) is 22.0 Å². The highest BCUT2D eigenvalue weighted by Gasteiger charge is 2.26. The van der Waals surface area contributed by atoms with E-state index in [0.29, 0.717) is 10.6 Å². The zero-order chi connectivity index (χ0) is 17.3. The van der Waals surface area contributed by atoms with E-state index < -0.39 is 20.5 Å². The van der Waals surface area contributed by atoms with Gasteiger partial charge in [0.2, 0.25) is 9.84 Å². The summed E-state index contributed by atoms with van der Waals surface area (Å²) in [6, 6.07) is 13.9. The molecule has 3 aromatic rings. The van der Waals surface area contributed by atoms with E-state index >= 15 is 0 Å². The Hall–Kier alpha value is -2.32. The van der Waals surface area contributed by atoms with Crippen LogP contribution >= 0.6 is 11.3 Å². The van der Waals surface area contributed by atoms with Crippen molar-refractivity contribution in [2.75, 3.05) is 5.32 Å². The number of halogens is 2. The number of benzene rings is 2. The highest BCUT2D eigenvalue weighted by Crippen LogP contribution is 2.26. The minimum Gasteiger partial charge on any atom is -0.321 e. The van der Waals surface area contributed by atoms with Gasteiger partial charge in [0, 0.05) is 10.4 Å². The summed E-state index contributed by atoms with van der Waals surface area (Å²) < 4.78 is 48.6. The quantitative estimate of drug-likeness (QED) is 0.753. The molecule has 2 aromatic carbocycles. The zero-order valence-electron chi connectivity index (χ0n) is 12.1. The lowest BCUT2D eigenvalue weighted by molar-refractivity contribution is 0.103. The molecule has 8 heteroatoms. The van der Waals surface area contributed by atoms with Crippen molar-refractivity contribution in [1.29, 1.82) is 0 Å². The smallest absolute Gasteiger partial charge is 0.321 e. The SMILES string of the molecule is O=C(Nc1ccc(S(=O)(=O)C(F)F)cc1)c1cc2ccccc2s1. The third-order valence-corrected chi connectivity index (χ3v) is 5.84. The molecule has 4 nitrogen and oxygen atoms in total. The Kier molecular flexibility index (Phi) is 4.33. The van der Waals surface area contributed by atoms with Crippen molar-refractivity contribution in [2.45, 2.75) is 10.7 Å². The fourth-order valence-corrected chi connectivity index (χ4v) is 3.80. The van der Waals surface area contributed by atoms with Crippen molar-refractivity contribution < 1.29 is 22.0 Å². The fraction of sp³-hybridized carbons (Fsp3) is 0.0625. The summed E-state index contributed by atoms with van der Waals surface area (Å²) in [5.41, 5.74) is 0.325. The van der Waals surface area contributed by atoms with Gasteiger partial charge in [-0.15, -0.1) is 11.3 Å². The van der Waals surface area contributed by atoms with Gasteiger partial charge in [-0.3, -0.25) is 4.79 Å². The molecular weight excluding hydrogens is 356 g/mol. The molecule has 3 rings (SSSR count). The second-order valence-corrected chi connectivity index (χ2v) is 7.93. The van der Waals surface area contributed by atoms with Crippen LogP contribution in [0.2, 0.25) is 0 Å². The number of fused-ring (bicyclic) bond motifs is 1. The van der Waals surface area contributed by atoms with Crippen LogP contribution in [0.15, 0.2) is 59.5 Å². The molecule has 1 amide bonds. The molecule has 1 N–H and O–H groups in total. The predicted molar refractivity (Wildman–Crippen MR) is 89.4 cm³/mol. The van der Waals surface area contributed by atoms with Crippen LogP contribution in [0, 0.1) is 0 Å². The molecule has 0 atom stereocenters. The van der Waals surface area contributed by atoms with E-state index in [1.54, 1.807) is 6.07 Å². The van der Waals surface area contributed by atoms with E-state index in [0.717, 1.165) is 22.2 Å². The second-order valence-electron chi connectivity index (χ2n) is 4.93. The molecule has 0 aliphatic carbocycles. The molecule has 124 valence electrons. The van der Waals surface area contributed by atoms with Crippen LogP contribution in [-0.4, -0.2) is 20.1 Å². The topological polar surface area (TPSA) is 63.2 Å². The lowest BCUT2D eigenvalue weighted by atomic mass is 10.2. The molecule has 0 bridgehead atoms. The number of anilines is 1. The number of carbonyl (C=O) groups is 1. The van der Waals surface area contributed by atoms with Gasteiger partial charge in [0.05, 0.1) is 9.77 Å². The van der Waals surface area contributed by atoms with Crippen molar-refractivity contribution in [3.8, 4) is 0 Å². The van der Waals surface area contributed by atoms with Crippen molar-refractivity contribution in [2.24, 2.45) is 0 Å². The summed E-state index contributed by atoms with van der Waals surface area (Å²) >= 11 is 1.33. The van der Waals surface area contributed by atoms with Gasteiger partial charge in [-0.05, 0) is 41.8 Å². The Labute approximate surface area is 140 Å². The number of hydrogen-bond acceptors (Lipinski definition) is 4. The first-order valence-electron chi connectivity index (χ1n) is 6.80. The predicted octanol–water partition coefficient (Wildman–Crippen LogP) is 4.15. The zero-order valence-corrected chi connectivity index (χ0v) is 13.7. The van der Waals surface area contributed by atoms with Crippen molar-refractivity contribution in [1.82, 2.24) is 0 Å². The molecule has 0 aliphatic heterocycles. The summed E-state index contributed by atoms with van der Waals surface area (Å²) in [6.45, 7) is 0. The van der Waals surface area contributed by atoms with Crippen LogP contribution in [0.3, 0.4) is 0 Å². The number of hydrogen-bond donors (Lipinski definition) is 1. The van der Waals surface area contributed by atoms with E-state index in [-0.39, 0.29) is 5.91 Å². The molecule has 0 spiro atoms. The number of rotatable bonds is 4. The molecule has 0 saturated heterocycles. The van der Waals surface area contributed by atoms with Crippen LogP contribution in [0.4, 0.5) is 14.5 Å². The first-order chi connectivity index (χ1) is 11.4. The monoisotopic (exact) mass is 367 g/mol. The Morgan fingerprint density at radius 1 is 1.04 bits per heavy atom. The van der Waals surface area contributed by atoms with Crippen molar-refractivity contribution in [3.63, 3.8) is 0 Å². The number of thiophene rings is 1. The van der Waals surface area contributed by atoms with Gasteiger partial charge in [0.1, 0.15) is 0 Å². The minimum absolute atomic E-state index is 0.325. The Balaban J connectivity index is 1.79. The summed E-state index contributed by atoms with van der Waals surface area (Å²) in [5.74, 6) is -3.82. The molecule has 0 unspecified atom stereocenters.